The normalized spacial score (nSPS) is 9.07. The predicted octanol–water partition coefficient (Wildman–Crippen LogP) is -0.509. The van der Waals surface area contributed by atoms with Crippen molar-refractivity contribution in [2.75, 3.05) is 0 Å². The molecule has 0 bridgehead atoms. The highest BCUT2D eigenvalue weighted by atomic mass is 35.5. The van der Waals surface area contributed by atoms with Crippen LogP contribution in [-0.4, -0.2) is 0 Å². The fourth-order valence-corrected chi connectivity index (χ4v) is 2.94. The van der Waals surface area contributed by atoms with Crippen molar-refractivity contribution in [2.24, 2.45) is 0 Å². The minimum absolute atomic E-state index is 0. The highest BCUT2D eigenvalue weighted by Crippen LogP contribution is 2.14. The maximum Gasteiger partial charge on any atom is 0.217 e. The quantitative estimate of drug-likeness (QED) is 0.382. The van der Waals surface area contributed by atoms with E-state index in [1.165, 1.54) is 11.1 Å². The van der Waals surface area contributed by atoms with Crippen molar-refractivity contribution in [2.45, 2.75) is 0 Å². The first-order valence-corrected chi connectivity index (χ1v) is 9.20. The number of aromatic nitrogens is 2. The first kappa shape index (κ1) is 24.8. The van der Waals surface area contributed by atoms with Gasteiger partial charge in [0.25, 0.3) is 0 Å². The average Bonchev–Trinajstić information content (AvgIpc) is 2.80. The minimum Gasteiger partial charge on any atom is -1.00 e. The van der Waals surface area contributed by atoms with Gasteiger partial charge in [-0.2, -0.15) is 9.13 Å². The van der Waals surface area contributed by atoms with Crippen LogP contribution in [0.3, 0.4) is 0 Å². The number of hydrogen-bond donors (Lipinski definition) is 0. The Balaban J connectivity index is 0.000000281. The van der Waals surface area contributed by atoms with Crippen molar-refractivity contribution in [3.63, 3.8) is 0 Å². The summed E-state index contributed by atoms with van der Waals surface area (Å²) in [5.41, 5.74) is 4.72. The summed E-state index contributed by atoms with van der Waals surface area (Å²) in [7, 11) is 0. The molecule has 0 aliphatic rings. The van der Waals surface area contributed by atoms with Crippen LogP contribution in [0.4, 0.5) is 0 Å². The van der Waals surface area contributed by atoms with Gasteiger partial charge in [0.1, 0.15) is 0 Å². The van der Waals surface area contributed by atoms with Gasteiger partial charge >= 0.3 is 0 Å². The highest BCUT2D eigenvalue weighted by molar-refractivity contribution is 5.56. The second-order valence-corrected chi connectivity index (χ2v) is 6.08. The van der Waals surface area contributed by atoms with E-state index in [2.05, 4.69) is 49.6 Å². The Morgan fingerprint density at radius 1 is 0.467 bits per heavy atom. The Bertz CT molecular complexity index is 962. The number of nitrogens with zero attached hydrogens (tertiary/aromatic N) is 2. The SMILES string of the molecule is C=C[n+]1ccccc1-c1ccccc1.C=C[n+]1ccccc1-c1ccccc1.[Cl-].[Cl-]. The van der Waals surface area contributed by atoms with E-state index in [0.717, 1.165) is 11.4 Å². The van der Waals surface area contributed by atoms with Gasteiger partial charge in [-0.3, -0.25) is 0 Å². The Labute approximate surface area is 191 Å². The van der Waals surface area contributed by atoms with Crippen LogP contribution in [0.25, 0.3) is 34.9 Å². The fourth-order valence-electron chi connectivity index (χ4n) is 2.94. The fraction of sp³-hybridized carbons (Fsp3) is 0. The van der Waals surface area contributed by atoms with E-state index in [9.17, 15) is 0 Å². The minimum atomic E-state index is 0. The molecular weight excluding hydrogens is 411 g/mol. The van der Waals surface area contributed by atoms with E-state index in [0.29, 0.717) is 0 Å². The monoisotopic (exact) mass is 434 g/mol. The molecule has 2 heterocycles. The van der Waals surface area contributed by atoms with E-state index in [-0.39, 0.29) is 24.8 Å². The van der Waals surface area contributed by atoms with E-state index in [1.54, 1.807) is 0 Å². The lowest BCUT2D eigenvalue weighted by Crippen LogP contribution is -3.00. The van der Waals surface area contributed by atoms with Crippen LogP contribution in [0.2, 0.25) is 0 Å². The van der Waals surface area contributed by atoms with Gasteiger partial charge < -0.3 is 24.8 Å². The number of pyridine rings is 2. The second kappa shape index (κ2) is 13.1. The molecule has 0 unspecified atom stereocenters. The highest BCUT2D eigenvalue weighted by Gasteiger charge is 2.08. The molecule has 0 radical (unpaired) electrons. The van der Waals surface area contributed by atoms with Gasteiger partial charge in [0.05, 0.1) is 0 Å². The van der Waals surface area contributed by atoms with E-state index >= 15 is 0 Å². The maximum absolute atomic E-state index is 3.78. The van der Waals surface area contributed by atoms with E-state index < -0.39 is 0 Å². The molecular formula is C26H24Cl2N2. The van der Waals surface area contributed by atoms with Crippen LogP contribution >= 0.6 is 0 Å². The third-order valence-electron chi connectivity index (χ3n) is 4.31. The number of rotatable bonds is 4. The van der Waals surface area contributed by atoms with Crippen LogP contribution in [0.1, 0.15) is 0 Å². The molecule has 0 fully saturated rings. The lowest BCUT2D eigenvalue weighted by Gasteiger charge is -1.98. The first-order chi connectivity index (χ1) is 13.8. The third-order valence-corrected chi connectivity index (χ3v) is 4.31. The standard InChI is InChI=1S/2C13H12N.2ClH/c2*1-2-14-11-7-6-10-13(14)12-8-4-3-5-9-12;;/h2*2-11H,1H2;2*1H/q2*+1;;/p-2. The zero-order chi connectivity index (χ0) is 19.6. The van der Waals surface area contributed by atoms with Crippen LogP contribution in [-0.2, 0) is 0 Å². The van der Waals surface area contributed by atoms with Crippen molar-refractivity contribution in [1.29, 1.82) is 0 Å². The number of halogens is 2. The topological polar surface area (TPSA) is 7.76 Å². The lowest BCUT2D eigenvalue weighted by molar-refractivity contribution is -0.556. The van der Waals surface area contributed by atoms with Crippen LogP contribution < -0.4 is 33.9 Å². The molecule has 30 heavy (non-hydrogen) atoms. The Morgan fingerprint density at radius 2 is 0.800 bits per heavy atom. The second-order valence-electron chi connectivity index (χ2n) is 6.08. The number of hydrogen-bond acceptors (Lipinski definition) is 0. The molecule has 0 atom stereocenters. The van der Waals surface area contributed by atoms with Crippen molar-refractivity contribution in [3.05, 3.63) is 123 Å². The van der Waals surface area contributed by atoms with Crippen LogP contribution in [0.5, 0.6) is 0 Å². The molecule has 0 saturated carbocycles. The molecule has 0 spiro atoms. The van der Waals surface area contributed by atoms with Crippen molar-refractivity contribution < 1.29 is 33.9 Å². The van der Waals surface area contributed by atoms with Crippen molar-refractivity contribution >= 4 is 12.4 Å². The van der Waals surface area contributed by atoms with Gasteiger partial charge in [-0.15, -0.1) is 0 Å². The smallest absolute Gasteiger partial charge is 0.217 e. The summed E-state index contributed by atoms with van der Waals surface area (Å²) < 4.78 is 4.02. The third kappa shape index (κ3) is 6.41. The number of benzene rings is 2. The average molecular weight is 435 g/mol. The molecule has 4 heteroatoms. The van der Waals surface area contributed by atoms with E-state index in [1.807, 2.05) is 94.6 Å². The molecule has 0 aliphatic heterocycles. The summed E-state index contributed by atoms with van der Waals surface area (Å²) in [6.45, 7) is 7.56. The van der Waals surface area contributed by atoms with E-state index in [4.69, 9.17) is 0 Å². The molecule has 2 aromatic carbocycles. The Hall–Kier alpha value is -3.20. The zero-order valence-electron chi connectivity index (χ0n) is 16.6. The summed E-state index contributed by atoms with van der Waals surface area (Å²) >= 11 is 0. The van der Waals surface area contributed by atoms with Crippen LogP contribution in [0.15, 0.2) is 123 Å². The Morgan fingerprint density at radius 3 is 1.13 bits per heavy atom. The molecule has 0 saturated heterocycles. The summed E-state index contributed by atoms with van der Waals surface area (Å²) in [6, 6.07) is 32.8. The van der Waals surface area contributed by atoms with Gasteiger partial charge in [-0.1, -0.05) is 36.4 Å². The van der Waals surface area contributed by atoms with Crippen LogP contribution in [0, 0.1) is 0 Å². The van der Waals surface area contributed by atoms with Gasteiger partial charge in [-0.05, 0) is 49.6 Å². The molecule has 2 nitrogen and oxygen atoms in total. The van der Waals surface area contributed by atoms with Gasteiger partial charge in [0.2, 0.25) is 11.4 Å². The molecule has 2 aromatic heterocycles. The lowest BCUT2D eigenvalue weighted by atomic mass is 10.1. The Kier molecular flexibility index (Phi) is 10.8. The molecule has 0 aliphatic carbocycles. The van der Waals surface area contributed by atoms with Gasteiger partial charge in [0.15, 0.2) is 24.8 Å². The molecule has 0 N–H and O–H groups in total. The largest absolute Gasteiger partial charge is 1.00 e. The summed E-state index contributed by atoms with van der Waals surface area (Å²) in [4.78, 5) is 0. The zero-order valence-corrected chi connectivity index (χ0v) is 18.1. The van der Waals surface area contributed by atoms with Crippen molar-refractivity contribution in [1.82, 2.24) is 0 Å². The molecule has 0 amide bonds. The molecule has 4 aromatic rings. The summed E-state index contributed by atoms with van der Waals surface area (Å²) in [5, 5.41) is 0. The molecule has 152 valence electrons. The molecule has 4 rings (SSSR count). The maximum atomic E-state index is 3.78. The predicted molar refractivity (Wildman–Crippen MR) is 117 cm³/mol. The summed E-state index contributed by atoms with van der Waals surface area (Å²) in [5.74, 6) is 0. The first-order valence-electron chi connectivity index (χ1n) is 9.20. The summed E-state index contributed by atoms with van der Waals surface area (Å²) in [6.07, 6.45) is 7.61. The van der Waals surface area contributed by atoms with Crippen molar-refractivity contribution in [3.8, 4) is 22.5 Å². The van der Waals surface area contributed by atoms with Gasteiger partial charge in [0, 0.05) is 35.4 Å². The van der Waals surface area contributed by atoms with Gasteiger partial charge in [-0.25, -0.2) is 0 Å².